The van der Waals surface area contributed by atoms with Crippen LogP contribution in [0.3, 0.4) is 0 Å². The molecular formula is C22H25ClN4O4S. The maximum Gasteiger partial charge on any atom is 0.263 e. The van der Waals surface area contributed by atoms with Gasteiger partial charge in [0.05, 0.1) is 29.1 Å². The first-order chi connectivity index (χ1) is 15.0. The van der Waals surface area contributed by atoms with Crippen LogP contribution < -0.4 is 14.8 Å². The molecule has 0 aliphatic heterocycles. The van der Waals surface area contributed by atoms with E-state index >= 15 is 0 Å². The number of nitrogens with zero attached hydrogens (tertiary/aromatic N) is 2. The quantitative estimate of drug-likeness (QED) is 0.512. The van der Waals surface area contributed by atoms with Crippen LogP contribution in [0.15, 0.2) is 59.8 Å². The summed E-state index contributed by atoms with van der Waals surface area (Å²) in [5.41, 5.74) is 0.743. The molecule has 0 bridgehead atoms. The van der Waals surface area contributed by atoms with Gasteiger partial charge in [0.25, 0.3) is 15.9 Å². The second kappa shape index (κ2) is 9.22. The summed E-state index contributed by atoms with van der Waals surface area (Å²) in [6, 6.07) is 10.6. The van der Waals surface area contributed by atoms with E-state index in [1.165, 1.54) is 24.4 Å². The lowest BCUT2D eigenvalue weighted by Gasteiger charge is -2.18. The van der Waals surface area contributed by atoms with Gasteiger partial charge < -0.3 is 10.1 Å². The Bertz CT molecular complexity index is 1220. The van der Waals surface area contributed by atoms with E-state index in [1.807, 2.05) is 27.7 Å². The lowest BCUT2D eigenvalue weighted by atomic mass is 10.1. The van der Waals surface area contributed by atoms with Crippen molar-refractivity contribution in [3.05, 3.63) is 65.4 Å². The van der Waals surface area contributed by atoms with Crippen LogP contribution in [0, 0.1) is 0 Å². The topological polar surface area (TPSA) is 102 Å². The number of halogens is 1. The van der Waals surface area contributed by atoms with Crippen LogP contribution in [0.5, 0.6) is 5.75 Å². The van der Waals surface area contributed by atoms with E-state index in [0.29, 0.717) is 23.7 Å². The average molecular weight is 477 g/mol. The maximum absolute atomic E-state index is 12.9. The van der Waals surface area contributed by atoms with Gasteiger partial charge in [-0.3, -0.25) is 14.2 Å². The van der Waals surface area contributed by atoms with Crippen molar-refractivity contribution in [1.29, 1.82) is 0 Å². The van der Waals surface area contributed by atoms with Crippen molar-refractivity contribution >= 4 is 38.9 Å². The summed E-state index contributed by atoms with van der Waals surface area (Å²) in [5, 5.41) is 6.96. The van der Waals surface area contributed by atoms with Gasteiger partial charge >= 0.3 is 0 Å². The highest BCUT2D eigenvalue weighted by Crippen LogP contribution is 2.26. The van der Waals surface area contributed by atoms with Gasteiger partial charge in [-0.2, -0.15) is 5.10 Å². The number of hydrogen-bond donors (Lipinski definition) is 2. The Balaban J connectivity index is 1.80. The van der Waals surface area contributed by atoms with Gasteiger partial charge in [0.2, 0.25) is 0 Å². The van der Waals surface area contributed by atoms with Gasteiger partial charge in [-0.25, -0.2) is 8.42 Å². The van der Waals surface area contributed by atoms with Gasteiger partial charge in [-0.15, -0.1) is 0 Å². The molecule has 170 valence electrons. The van der Waals surface area contributed by atoms with Crippen molar-refractivity contribution in [2.75, 3.05) is 16.6 Å². The number of carbonyl (C=O) groups excluding carboxylic acids is 1. The maximum atomic E-state index is 12.9. The molecule has 10 heteroatoms. The molecule has 0 aliphatic rings. The molecule has 1 heterocycles. The highest BCUT2D eigenvalue weighted by Gasteiger charge is 2.21. The van der Waals surface area contributed by atoms with Gasteiger partial charge in [-0.1, -0.05) is 11.6 Å². The minimum atomic E-state index is -4.03. The highest BCUT2D eigenvalue weighted by atomic mass is 35.5. The van der Waals surface area contributed by atoms with Crippen molar-refractivity contribution in [3.63, 3.8) is 0 Å². The van der Waals surface area contributed by atoms with Crippen LogP contribution in [-0.4, -0.2) is 30.7 Å². The Morgan fingerprint density at radius 3 is 2.41 bits per heavy atom. The normalized spacial score (nSPS) is 11.8. The third kappa shape index (κ3) is 5.60. The monoisotopic (exact) mass is 476 g/mol. The third-order valence-electron chi connectivity index (χ3n) is 4.43. The molecular weight excluding hydrogens is 452 g/mol. The summed E-state index contributed by atoms with van der Waals surface area (Å²) in [6.45, 7) is 8.32. The summed E-state index contributed by atoms with van der Waals surface area (Å²) in [5.74, 6) is 0.148. The molecule has 1 aromatic heterocycles. The van der Waals surface area contributed by atoms with Crippen LogP contribution in [-0.2, 0) is 15.6 Å². The first-order valence-corrected chi connectivity index (χ1v) is 11.8. The van der Waals surface area contributed by atoms with Crippen LogP contribution in [0.1, 0.15) is 38.1 Å². The third-order valence-corrected chi connectivity index (χ3v) is 6.29. The van der Waals surface area contributed by atoms with E-state index in [0.717, 1.165) is 0 Å². The van der Waals surface area contributed by atoms with E-state index in [4.69, 9.17) is 16.3 Å². The number of amides is 1. The lowest BCUT2D eigenvalue weighted by Crippen LogP contribution is -2.22. The van der Waals surface area contributed by atoms with E-state index in [9.17, 15) is 13.2 Å². The molecule has 1 amide bonds. The predicted octanol–water partition coefficient (Wildman–Crippen LogP) is 4.74. The molecule has 2 aromatic carbocycles. The zero-order chi connectivity index (χ0) is 23.5. The van der Waals surface area contributed by atoms with E-state index in [2.05, 4.69) is 15.1 Å². The Kier molecular flexibility index (Phi) is 6.80. The van der Waals surface area contributed by atoms with Gasteiger partial charge in [0.15, 0.2) is 0 Å². The fraction of sp³-hybridized carbons (Fsp3) is 0.273. The molecule has 0 spiro atoms. The highest BCUT2D eigenvalue weighted by molar-refractivity contribution is 7.92. The standard InChI is InChI=1S/C22H25ClN4O4S/c1-5-31-18-9-7-16(8-10-18)26-32(29,30)20-12-15(6-11-19(20)23)21(28)25-17-13-24-27(14-17)22(2,3)4/h6-14,26H,5H2,1-4H3,(H,25,28). The molecule has 0 fully saturated rings. The first kappa shape index (κ1) is 23.6. The number of ether oxygens (including phenoxy) is 1. The molecule has 32 heavy (non-hydrogen) atoms. The second-order valence-electron chi connectivity index (χ2n) is 8.01. The largest absolute Gasteiger partial charge is 0.494 e. The predicted molar refractivity (Wildman–Crippen MR) is 125 cm³/mol. The molecule has 0 saturated heterocycles. The molecule has 0 saturated carbocycles. The summed E-state index contributed by atoms with van der Waals surface area (Å²) >= 11 is 6.15. The number of carbonyl (C=O) groups is 1. The fourth-order valence-corrected chi connectivity index (χ4v) is 4.39. The molecule has 3 aromatic rings. The van der Waals surface area contributed by atoms with Crippen molar-refractivity contribution in [2.45, 2.75) is 38.1 Å². The second-order valence-corrected chi connectivity index (χ2v) is 10.1. The van der Waals surface area contributed by atoms with Crippen LogP contribution in [0.2, 0.25) is 5.02 Å². The smallest absolute Gasteiger partial charge is 0.263 e. The molecule has 2 N–H and O–H groups in total. The minimum absolute atomic E-state index is 0.000499. The fourth-order valence-electron chi connectivity index (χ4n) is 2.80. The molecule has 3 rings (SSSR count). The van der Waals surface area contributed by atoms with Crippen molar-refractivity contribution < 1.29 is 17.9 Å². The lowest BCUT2D eigenvalue weighted by molar-refractivity contribution is 0.102. The van der Waals surface area contributed by atoms with Crippen LogP contribution >= 0.6 is 11.6 Å². The van der Waals surface area contributed by atoms with Crippen molar-refractivity contribution in [1.82, 2.24) is 9.78 Å². The zero-order valence-electron chi connectivity index (χ0n) is 18.2. The number of nitrogens with one attached hydrogen (secondary N) is 2. The van der Waals surface area contributed by atoms with Gasteiger partial charge in [-0.05, 0) is 70.2 Å². The average Bonchev–Trinajstić information content (AvgIpc) is 3.18. The number of aromatic nitrogens is 2. The summed E-state index contributed by atoms with van der Waals surface area (Å²) < 4.78 is 35.4. The Morgan fingerprint density at radius 2 is 1.81 bits per heavy atom. The first-order valence-electron chi connectivity index (χ1n) is 9.91. The molecule has 0 atom stereocenters. The van der Waals surface area contributed by atoms with Gasteiger partial charge in [0, 0.05) is 17.4 Å². The molecule has 0 radical (unpaired) electrons. The Hall–Kier alpha value is -3.04. The van der Waals surface area contributed by atoms with Crippen LogP contribution in [0.25, 0.3) is 0 Å². The minimum Gasteiger partial charge on any atom is -0.494 e. The summed E-state index contributed by atoms with van der Waals surface area (Å²) in [6.07, 6.45) is 3.24. The summed E-state index contributed by atoms with van der Waals surface area (Å²) in [7, 11) is -4.03. The SMILES string of the molecule is CCOc1ccc(NS(=O)(=O)c2cc(C(=O)Nc3cnn(C(C)(C)C)c3)ccc2Cl)cc1. The zero-order valence-corrected chi connectivity index (χ0v) is 19.8. The van der Waals surface area contributed by atoms with Crippen LogP contribution in [0.4, 0.5) is 11.4 Å². The van der Waals surface area contributed by atoms with E-state index in [-0.39, 0.29) is 21.0 Å². The number of rotatable bonds is 7. The Morgan fingerprint density at radius 1 is 1.12 bits per heavy atom. The van der Waals surface area contributed by atoms with E-state index < -0.39 is 15.9 Å². The van der Waals surface area contributed by atoms with Crippen molar-refractivity contribution in [3.8, 4) is 5.75 Å². The van der Waals surface area contributed by atoms with E-state index in [1.54, 1.807) is 35.1 Å². The number of hydrogen-bond acceptors (Lipinski definition) is 5. The molecule has 0 aliphatic carbocycles. The Labute approximate surface area is 192 Å². The number of benzene rings is 2. The van der Waals surface area contributed by atoms with Crippen molar-refractivity contribution in [2.24, 2.45) is 0 Å². The number of sulfonamides is 1. The number of anilines is 2. The van der Waals surface area contributed by atoms with Gasteiger partial charge in [0.1, 0.15) is 10.6 Å². The molecule has 0 unspecified atom stereocenters. The molecule has 8 nitrogen and oxygen atoms in total. The summed E-state index contributed by atoms with van der Waals surface area (Å²) in [4.78, 5) is 12.5.